The second-order valence-corrected chi connectivity index (χ2v) is 3.93. The molecule has 0 saturated heterocycles. The fraction of sp³-hybridized carbons (Fsp3) is 0.700. The predicted octanol–water partition coefficient (Wildman–Crippen LogP) is 2.44. The first kappa shape index (κ1) is 7.84. The molecule has 1 N–H and O–H groups in total. The minimum absolute atomic E-state index is 0.506. The Morgan fingerprint density at radius 2 is 2.42 bits per heavy atom. The zero-order valence-electron chi connectivity index (χ0n) is 7.24. The van der Waals surface area contributed by atoms with Crippen molar-refractivity contribution in [2.45, 2.75) is 25.7 Å². The average Bonchev–Trinajstić information content (AvgIpc) is 2.64. The molecule has 2 aliphatic carbocycles. The number of rotatable bonds is 2. The standard InChI is InChI=1S/C10H15NO/c1-2-3-9-7-4-5-8(6-7)10(9)11-12/h2,7-9,12H,1,3-6H2. The summed E-state index contributed by atoms with van der Waals surface area (Å²) in [6, 6.07) is 0. The molecule has 12 heavy (non-hydrogen) atoms. The normalized spacial score (nSPS) is 42.3. The van der Waals surface area contributed by atoms with Gasteiger partial charge < -0.3 is 5.21 Å². The molecule has 2 saturated carbocycles. The molecule has 2 aliphatic rings. The van der Waals surface area contributed by atoms with E-state index in [9.17, 15) is 0 Å². The SMILES string of the molecule is C=CCC1C(=NO)C2CCC1C2. The van der Waals surface area contributed by atoms with E-state index in [0.717, 1.165) is 18.1 Å². The molecule has 0 aromatic carbocycles. The van der Waals surface area contributed by atoms with Gasteiger partial charge in [-0.25, -0.2) is 0 Å². The lowest BCUT2D eigenvalue weighted by Crippen LogP contribution is -2.21. The number of hydrogen-bond acceptors (Lipinski definition) is 2. The lowest BCUT2D eigenvalue weighted by atomic mass is 9.85. The average molecular weight is 165 g/mol. The first-order valence-corrected chi connectivity index (χ1v) is 4.69. The van der Waals surface area contributed by atoms with Crippen LogP contribution in [0.15, 0.2) is 17.8 Å². The summed E-state index contributed by atoms with van der Waals surface area (Å²) in [7, 11) is 0. The molecule has 2 bridgehead atoms. The molecule has 0 aromatic heterocycles. The highest BCUT2D eigenvalue weighted by molar-refractivity contribution is 5.91. The molecule has 0 aromatic rings. The van der Waals surface area contributed by atoms with Crippen LogP contribution in [0, 0.1) is 17.8 Å². The van der Waals surface area contributed by atoms with E-state index in [1.54, 1.807) is 0 Å². The van der Waals surface area contributed by atoms with Crippen molar-refractivity contribution in [3.63, 3.8) is 0 Å². The highest BCUT2D eigenvalue weighted by Crippen LogP contribution is 2.47. The lowest BCUT2D eigenvalue weighted by molar-refractivity contribution is 0.307. The van der Waals surface area contributed by atoms with Crippen LogP contribution in [0.4, 0.5) is 0 Å². The summed E-state index contributed by atoms with van der Waals surface area (Å²) in [4.78, 5) is 0. The highest BCUT2D eigenvalue weighted by Gasteiger charge is 2.44. The zero-order valence-corrected chi connectivity index (χ0v) is 7.24. The molecule has 2 fully saturated rings. The zero-order chi connectivity index (χ0) is 8.55. The predicted molar refractivity (Wildman–Crippen MR) is 48.4 cm³/mol. The van der Waals surface area contributed by atoms with Gasteiger partial charge in [-0.3, -0.25) is 0 Å². The number of hydrogen-bond donors (Lipinski definition) is 1. The Balaban J connectivity index is 2.16. The van der Waals surface area contributed by atoms with Gasteiger partial charge in [-0.15, -0.1) is 6.58 Å². The Morgan fingerprint density at radius 3 is 3.08 bits per heavy atom. The molecule has 0 spiro atoms. The third-order valence-electron chi connectivity index (χ3n) is 3.38. The maximum Gasteiger partial charge on any atom is 0.0638 e. The third kappa shape index (κ3) is 0.977. The maximum atomic E-state index is 8.84. The molecule has 0 heterocycles. The summed E-state index contributed by atoms with van der Waals surface area (Å²) in [5.74, 6) is 1.87. The summed E-state index contributed by atoms with van der Waals surface area (Å²) in [6.07, 6.45) is 6.73. The summed E-state index contributed by atoms with van der Waals surface area (Å²) >= 11 is 0. The molecule has 0 aliphatic heterocycles. The van der Waals surface area contributed by atoms with Gasteiger partial charge in [0.2, 0.25) is 0 Å². The molecule has 0 amide bonds. The van der Waals surface area contributed by atoms with Crippen molar-refractivity contribution in [1.82, 2.24) is 0 Å². The molecule has 2 nitrogen and oxygen atoms in total. The van der Waals surface area contributed by atoms with Crippen molar-refractivity contribution < 1.29 is 5.21 Å². The van der Waals surface area contributed by atoms with E-state index in [-0.39, 0.29) is 0 Å². The Morgan fingerprint density at radius 1 is 1.58 bits per heavy atom. The fourth-order valence-corrected chi connectivity index (χ4v) is 2.84. The van der Waals surface area contributed by atoms with Crippen LogP contribution in [0.25, 0.3) is 0 Å². The van der Waals surface area contributed by atoms with E-state index >= 15 is 0 Å². The maximum absolute atomic E-state index is 8.84. The quantitative estimate of drug-likeness (QED) is 0.380. The smallest absolute Gasteiger partial charge is 0.0638 e. The molecule has 2 heteroatoms. The number of fused-ring (bicyclic) bond motifs is 2. The number of allylic oxidation sites excluding steroid dienone is 1. The Hall–Kier alpha value is -0.790. The van der Waals surface area contributed by atoms with Gasteiger partial charge in [0.25, 0.3) is 0 Å². The molecule has 3 unspecified atom stereocenters. The van der Waals surface area contributed by atoms with Crippen LogP contribution in [0.1, 0.15) is 25.7 Å². The molecule has 3 atom stereocenters. The Kier molecular flexibility index (Phi) is 1.91. The van der Waals surface area contributed by atoms with Crippen LogP contribution in [-0.2, 0) is 0 Å². The monoisotopic (exact) mass is 165 g/mol. The highest BCUT2D eigenvalue weighted by atomic mass is 16.4. The van der Waals surface area contributed by atoms with Gasteiger partial charge in [0.05, 0.1) is 5.71 Å². The Labute approximate surface area is 73.0 Å². The van der Waals surface area contributed by atoms with Gasteiger partial charge in [0.15, 0.2) is 0 Å². The van der Waals surface area contributed by atoms with Gasteiger partial charge in [-0.05, 0) is 31.6 Å². The summed E-state index contributed by atoms with van der Waals surface area (Å²) < 4.78 is 0. The van der Waals surface area contributed by atoms with Gasteiger partial charge in [-0.1, -0.05) is 11.2 Å². The van der Waals surface area contributed by atoms with Crippen LogP contribution in [0.3, 0.4) is 0 Å². The second-order valence-electron chi connectivity index (χ2n) is 3.93. The van der Waals surface area contributed by atoms with Crippen LogP contribution in [-0.4, -0.2) is 10.9 Å². The number of oxime groups is 1. The van der Waals surface area contributed by atoms with E-state index in [1.165, 1.54) is 19.3 Å². The first-order chi connectivity index (χ1) is 5.86. The van der Waals surface area contributed by atoms with Gasteiger partial charge >= 0.3 is 0 Å². The van der Waals surface area contributed by atoms with Crippen LogP contribution in [0.2, 0.25) is 0 Å². The topological polar surface area (TPSA) is 32.6 Å². The summed E-state index contributed by atoms with van der Waals surface area (Å²) in [5.41, 5.74) is 1.05. The number of nitrogens with zero attached hydrogens (tertiary/aromatic N) is 1. The van der Waals surface area contributed by atoms with Crippen molar-refractivity contribution in [3.8, 4) is 0 Å². The third-order valence-corrected chi connectivity index (χ3v) is 3.38. The van der Waals surface area contributed by atoms with Crippen molar-refractivity contribution >= 4 is 5.71 Å². The Bertz CT molecular complexity index is 222. The van der Waals surface area contributed by atoms with E-state index in [0.29, 0.717) is 11.8 Å². The van der Waals surface area contributed by atoms with Crippen molar-refractivity contribution in [2.24, 2.45) is 22.9 Å². The molecule has 0 radical (unpaired) electrons. The van der Waals surface area contributed by atoms with E-state index < -0.39 is 0 Å². The van der Waals surface area contributed by atoms with Crippen LogP contribution in [0.5, 0.6) is 0 Å². The van der Waals surface area contributed by atoms with Crippen molar-refractivity contribution in [1.29, 1.82) is 0 Å². The summed E-state index contributed by atoms with van der Waals surface area (Å²) in [6.45, 7) is 3.74. The summed E-state index contributed by atoms with van der Waals surface area (Å²) in [5, 5.41) is 12.3. The first-order valence-electron chi connectivity index (χ1n) is 4.69. The molecule has 66 valence electrons. The lowest BCUT2D eigenvalue weighted by Gasteiger charge is -2.20. The van der Waals surface area contributed by atoms with E-state index in [1.807, 2.05) is 6.08 Å². The van der Waals surface area contributed by atoms with Crippen LogP contribution < -0.4 is 0 Å². The largest absolute Gasteiger partial charge is 0.411 e. The van der Waals surface area contributed by atoms with Gasteiger partial charge in [0.1, 0.15) is 0 Å². The van der Waals surface area contributed by atoms with E-state index in [2.05, 4.69) is 11.7 Å². The van der Waals surface area contributed by atoms with Gasteiger partial charge in [-0.2, -0.15) is 0 Å². The van der Waals surface area contributed by atoms with Crippen molar-refractivity contribution in [2.75, 3.05) is 0 Å². The molecular weight excluding hydrogens is 150 g/mol. The second kappa shape index (κ2) is 2.92. The minimum Gasteiger partial charge on any atom is -0.411 e. The minimum atomic E-state index is 0.506. The van der Waals surface area contributed by atoms with Crippen LogP contribution >= 0.6 is 0 Å². The molecular formula is C10H15NO. The van der Waals surface area contributed by atoms with Gasteiger partial charge in [0, 0.05) is 11.8 Å². The molecule has 2 rings (SSSR count). The fourth-order valence-electron chi connectivity index (χ4n) is 2.84. The van der Waals surface area contributed by atoms with E-state index in [4.69, 9.17) is 5.21 Å². The van der Waals surface area contributed by atoms with Crippen molar-refractivity contribution in [3.05, 3.63) is 12.7 Å².